The van der Waals surface area contributed by atoms with Crippen molar-refractivity contribution >= 4 is 33.4 Å². The molecule has 2 rings (SSSR count). The zero-order chi connectivity index (χ0) is 13.3. The summed E-state index contributed by atoms with van der Waals surface area (Å²) >= 11 is 9.25. The quantitative estimate of drug-likeness (QED) is 0.860. The summed E-state index contributed by atoms with van der Waals surface area (Å²) in [5.41, 5.74) is 6.66. The van der Waals surface area contributed by atoms with Gasteiger partial charge in [0, 0.05) is 28.6 Å². The number of hydrogen-bond acceptors (Lipinski definition) is 2. The van der Waals surface area contributed by atoms with Crippen molar-refractivity contribution in [2.45, 2.75) is 19.4 Å². The standard InChI is InChI=1S/C13H16BrClN2O/c1-8-4-5-17(7-12(8)16)13(18)10-3-2-9(15)6-11(10)14/h2-3,6,8,12H,4-5,7,16H2,1H3. The van der Waals surface area contributed by atoms with Crippen molar-refractivity contribution in [3.63, 3.8) is 0 Å². The van der Waals surface area contributed by atoms with Crippen molar-refractivity contribution in [2.24, 2.45) is 11.7 Å². The Hall–Kier alpha value is -0.580. The van der Waals surface area contributed by atoms with Gasteiger partial charge in [-0.3, -0.25) is 4.79 Å². The Balaban J connectivity index is 2.16. The van der Waals surface area contributed by atoms with Crippen LogP contribution in [0.1, 0.15) is 23.7 Å². The van der Waals surface area contributed by atoms with Gasteiger partial charge in [-0.15, -0.1) is 0 Å². The van der Waals surface area contributed by atoms with E-state index in [1.807, 2.05) is 4.90 Å². The number of carbonyl (C=O) groups is 1. The van der Waals surface area contributed by atoms with Gasteiger partial charge in [-0.05, 0) is 46.5 Å². The summed E-state index contributed by atoms with van der Waals surface area (Å²) in [5.74, 6) is 0.489. The Kier molecular flexibility index (Phi) is 4.30. The van der Waals surface area contributed by atoms with Gasteiger partial charge >= 0.3 is 0 Å². The van der Waals surface area contributed by atoms with Crippen LogP contribution in [0, 0.1) is 5.92 Å². The van der Waals surface area contributed by atoms with E-state index in [2.05, 4.69) is 22.9 Å². The molecule has 2 N–H and O–H groups in total. The maximum atomic E-state index is 12.4. The van der Waals surface area contributed by atoms with Crippen molar-refractivity contribution < 1.29 is 4.79 Å². The number of nitrogens with two attached hydrogens (primary N) is 1. The molecule has 1 aromatic rings. The minimum atomic E-state index is 0.0147. The summed E-state index contributed by atoms with van der Waals surface area (Å²) in [6, 6.07) is 5.28. The molecule has 0 spiro atoms. The second-order valence-electron chi connectivity index (χ2n) is 4.81. The van der Waals surface area contributed by atoms with Gasteiger partial charge in [-0.25, -0.2) is 0 Å². The minimum Gasteiger partial charge on any atom is -0.337 e. The molecule has 0 bridgehead atoms. The Labute approximate surface area is 120 Å². The number of amides is 1. The van der Waals surface area contributed by atoms with Crippen LogP contribution in [0.5, 0.6) is 0 Å². The molecule has 2 atom stereocenters. The number of benzene rings is 1. The highest BCUT2D eigenvalue weighted by Crippen LogP contribution is 2.24. The van der Waals surface area contributed by atoms with E-state index in [0.717, 1.165) is 17.4 Å². The molecule has 2 unspecified atom stereocenters. The second kappa shape index (κ2) is 5.59. The first-order valence-electron chi connectivity index (χ1n) is 5.99. The molecular formula is C13H16BrClN2O. The summed E-state index contributed by atoms with van der Waals surface area (Å²) in [4.78, 5) is 14.2. The van der Waals surface area contributed by atoms with Crippen LogP contribution in [0.2, 0.25) is 5.02 Å². The lowest BCUT2D eigenvalue weighted by Crippen LogP contribution is -2.49. The smallest absolute Gasteiger partial charge is 0.255 e. The molecule has 98 valence electrons. The highest BCUT2D eigenvalue weighted by atomic mass is 79.9. The van der Waals surface area contributed by atoms with E-state index in [4.69, 9.17) is 17.3 Å². The topological polar surface area (TPSA) is 46.3 Å². The Morgan fingerprint density at radius 2 is 2.28 bits per heavy atom. The van der Waals surface area contributed by atoms with Crippen LogP contribution < -0.4 is 5.73 Å². The molecule has 18 heavy (non-hydrogen) atoms. The predicted octanol–water partition coefficient (Wildman–Crippen LogP) is 2.91. The van der Waals surface area contributed by atoms with Gasteiger partial charge < -0.3 is 10.6 Å². The maximum Gasteiger partial charge on any atom is 0.255 e. The third-order valence-corrected chi connectivity index (χ3v) is 4.36. The molecule has 1 aromatic carbocycles. The molecule has 1 saturated heterocycles. The van der Waals surface area contributed by atoms with Gasteiger partial charge in [0.1, 0.15) is 0 Å². The van der Waals surface area contributed by atoms with Crippen LogP contribution in [0.25, 0.3) is 0 Å². The van der Waals surface area contributed by atoms with Crippen molar-refractivity contribution in [1.82, 2.24) is 4.90 Å². The predicted molar refractivity (Wildman–Crippen MR) is 76.8 cm³/mol. The SMILES string of the molecule is CC1CCN(C(=O)c2ccc(Cl)cc2Br)CC1N. The van der Waals surface area contributed by atoms with Crippen molar-refractivity contribution in [1.29, 1.82) is 0 Å². The molecule has 0 saturated carbocycles. The van der Waals surface area contributed by atoms with Gasteiger partial charge in [0.05, 0.1) is 5.56 Å². The van der Waals surface area contributed by atoms with E-state index < -0.39 is 0 Å². The maximum absolute atomic E-state index is 12.4. The highest BCUT2D eigenvalue weighted by Gasteiger charge is 2.27. The Morgan fingerprint density at radius 1 is 1.56 bits per heavy atom. The number of rotatable bonds is 1. The van der Waals surface area contributed by atoms with Crippen molar-refractivity contribution in [2.75, 3.05) is 13.1 Å². The van der Waals surface area contributed by atoms with E-state index in [-0.39, 0.29) is 11.9 Å². The molecule has 3 nitrogen and oxygen atoms in total. The molecule has 0 aliphatic carbocycles. The van der Waals surface area contributed by atoms with Gasteiger partial charge in [-0.1, -0.05) is 18.5 Å². The van der Waals surface area contributed by atoms with Crippen LogP contribution >= 0.6 is 27.5 Å². The number of halogens is 2. The number of nitrogens with zero attached hydrogens (tertiary/aromatic N) is 1. The third-order valence-electron chi connectivity index (χ3n) is 3.47. The first-order valence-corrected chi connectivity index (χ1v) is 7.16. The van der Waals surface area contributed by atoms with E-state index in [1.165, 1.54) is 0 Å². The fraction of sp³-hybridized carbons (Fsp3) is 0.462. The number of likely N-dealkylation sites (tertiary alicyclic amines) is 1. The molecule has 1 fully saturated rings. The fourth-order valence-electron chi connectivity index (χ4n) is 2.12. The average Bonchev–Trinajstić information content (AvgIpc) is 2.32. The lowest BCUT2D eigenvalue weighted by atomic mass is 9.94. The lowest BCUT2D eigenvalue weighted by Gasteiger charge is -2.35. The summed E-state index contributed by atoms with van der Waals surface area (Å²) in [6.07, 6.45) is 0.956. The van der Waals surface area contributed by atoms with Gasteiger partial charge in [0.2, 0.25) is 0 Å². The normalized spacial score (nSPS) is 24.1. The van der Waals surface area contributed by atoms with E-state index >= 15 is 0 Å². The third kappa shape index (κ3) is 2.87. The summed E-state index contributed by atoms with van der Waals surface area (Å²) in [7, 11) is 0. The monoisotopic (exact) mass is 330 g/mol. The molecule has 1 amide bonds. The first kappa shape index (κ1) is 13.8. The van der Waals surface area contributed by atoms with Gasteiger partial charge in [-0.2, -0.15) is 0 Å². The molecule has 1 aliphatic rings. The van der Waals surface area contributed by atoms with E-state index in [1.54, 1.807) is 18.2 Å². The zero-order valence-electron chi connectivity index (χ0n) is 10.2. The van der Waals surface area contributed by atoms with Gasteiger partial charge in [0.15, 0.2) is 0 Å². The lowest BCUT2D eigenvalue weighted by molar-refractivity contribution is 0.0671. The molecule has 1 heterocycles. The highest BCUT2D eigenvalue weighted by molar-refractivity contribution is 9.10. The number of piperidine rings is 1. The van der Waals surface area contributed by atoms with Crippen molar-refractivity contribution in [3.8, 4) is 0 Å². The number of carbonyl (C=O) groups excluding carboxylic acids is 1. The van der Waals surface area contributed by atoms with Crippen LogP contribution in [0.4, 0.5) is 0 Å². The second-order valence-corrected chi connectivity index (χ2v) is 6.10. The minimum absolute atomic E-state index is 0.0147. The Morgan fingerprint density at radius 3 is 2.89 bits per heavy atom. The summed E-state index contributed by atoms with van der Waals surface area (Å²) in [5, 5.41) is 0.613. The fourth-order valence-corrected chi connectivity index (χ4v) is 2.97. The van der Waals surface area contributed by atoms with Gasteiger partial charge in [0.25, 0.3) is 5.91 Å². The van der Waals surface area contributed by atoms with Crippen LogP contribution in [-0.2, 0) is 0 Å². The van der Waals surface area contributed by atoms with E-state index in [0.29, 0.717) is 23.0 Å². The first-order chi connectivity index (χ1) is 8.49. The number of hydrogen-bond donors (Lipinski definition) is 1. The average molecular weight is 332 g/mol. The molecule has 1 aliphatic heterocycles. The van der Waals surface area contributed by atoms with E-state index in [9.17, 15) is 4.79 Å². The molecule has 0 aromatic heterocycles. The van der Waals surface area contributed by atoms with Crippen LogP contribution in [0.3, 0.4) is 0 Å². The summed E-state index contributed by atoms with van der Waals surface area (Å²) in [6.45, 7) is 3.52. The van der Waals surface area contributed by atoms with Crippen LogP contribution in [0.15, 0.2) is 22.7 Å². The molecule has 5 heteroatoms. The Bertz CT molecular complexity index is 466. The molecular weight excluding hydrogens is 316 g/mol. The zero-order valence-corrected chi connectivity index (χ0v) is 12.5. The molecule has 0 radical (unpaired) electrons. The largest absolute Gasteiger partial charge is 0.337 e. The van der Waals surface area contributed by atoms with Crippen LogP contribution in [-0.4, -0.2) is 29.9 Å². The summed E-state index contributed by atoms with van der Waals surface area (Å²) < 4.78 is 0.729. The van der Waals surface area contributed by atoms with Crippen molar-refractivity contribution in [3.05, 3.63) is 33.3 Å².